The van der Waals surface area contributed by atoms with E-state index >= 15 is 0 Å². The van der Waals surface area contributed by atoms with Crippen LogP contribution in [0.3, 0.4) is 0 Å². The fourth-order valence-corrected chi connectivity index (χ4v) is 2.29. The van der Waals surface area contributed by atoms with Gasteiger partial charge in [-0.1, -0.05) is 0 Å². The first-order chi connectivity index (χ1) is 8.19. The van der Waals surface area contributed by atoms with Gasteiger partial charge in [0.2, 0.25) is 0 Å². The van der Waals surface area contributed by atoms with Crippen LogP contribution in [0.2, 0.25) is 0 Å². The largest absolute Gasteiger partial charge is 0.376 e. The molecule has 18 heavy (non-hydrogen) atoms. The molecule has 2 N–H and O–H groups in total. The average Bonchev–Trinajstić information content (AvgIpc) is 2.21. The lowest BCUT2D eigenvalue weighted by molar-refractivity contribution is -0.0815. The van der Waals surface area contributed by atoms with Gasteiger partial charge in [0.15, 0.2) is 0 Å². The number of hydrogen-bond acceptors (Lipinski definition) is 4. The molecule has 1 heterocycles. The zero-order valence-electron chi connectivity index (χ0n) is 12.8. The van der Waals surface area contributed by atoms with Crippen LogP contribution in [-0.2, 0) is 9.47 Å². The van der Waals surface area contributed by atoms with Gasteiger partial charge >= 0.3 is 0 Å². The van der Waals surface area contributed by atoms with Crippen molar-refractivity contribution in [2.45, 2.75) is 71.4 Å². The molecule has 4 heteroatoms. The molecule has 0 aromatic carbocycles. The van der Waals surface area contributed by atoms with Gasteiger partial charge in [0.05, 0.1) is 24.4 Å². The summed E-state index contributed by atoms with van der Waals surface area (Å²) in [5, 5.41) is 0. The molecular formula is C14H30N2O2. The zero-order valence-corrected chi connectivity index (χ0v) is 12.8. The molecule has 108 valence electrons. The highest BCUT2D eigenvalue weighted by Gasteiger charge is 2.28. The van der Waals surface area contributed by atoms with Gasteiger partial charge in [-0.05, 0) is 41.5 Å². The highest BCUT2D eigenvalue weighted by atomic mass is 16.5. The van der Waals surface area contributed by atoms with E-state index in [1.165, 1.54) is 0 Å². The second-order valence-corrected chi connectivity index (χ2v) is 6.55. The summed E-state index contributed by atoms with van der Waals surface area (Å²) < 4.78 is 11.5. The zero-order chi connectivity index (χ0) is 13.9. The second kappa shape index (κ2) is 6.33. The minimum Gasteiger partial charge on any atom is -0.376 e. The maximum absolute atomic E-state index is 6.26. The van der Waals surface area contributed by atoms with Gasteiger partial charge < -0.3 is 15.2 Å². The Morgan fingerprint density at radius 2 is 2.00 bits per heavy atom. The Morgan fingerprint density at radius 1 is 1.39 bits per heavy atom. The number of nitrogens with zero attached hydrogens (tertiary/aromatic N) is 1. The Kier molecular flexibility index (Phi) is 5.59. The molecule has 4 atom stereocenters. The lowest BCUT2D eigenvalue weighted by Gasteiger charge is -2.39. The molecule has 0 saturated carbocycles. The fourth-order valence-electron chi connectivity index (χ4n) is 2.29. The van der Waals surface area contributed by atoms with Crippen LogP contribution in [0.25, 0.3) is 0 Å². The number of ether oxygens (including phenoxy) is 2. The van der Waals surface area contributed by atoms with E-state index in [9.17, 15) is 0 Å². The Balaban J connectivity index is 2.45. The molecule has 1 aliphatic rings. The fraction of sp³-hybridized carbons (Fsp3) is 1.00. The molecule has 0 amide bonds. The van der Waals surface area contributed by atoms with Crippen molar-refractivity contribution in [3.63, 3.8) is 0 Å². The lowest BCUT2D eigenvalue weighted by Crippen LogP contribution is -2.54. The van der Waals surface area contributed by atoms with Gasteiger partial charge in [-0.3, -0.25) is 4.90 Å². The molecule has 1 saturated heterocycles. The van der Waals surface area contributed by atoms with Crippen LogP contribution < -0.4 is 5.73 Å². The number of rotatable bonds is 4. The predicted molar refractivity (Wildman–Crippen MR) is 74.7 cm³/mol. The first-order valence-electron chi connectivity index (χ1n) is 6.98. The standard InChI is InChI=1S/C14H30N2O2/c1-10-9-17-11(2)7-16(10)8-13(15)12(3)18-14(4,5)6/h10-13H,7-9,15H2,1-6H3/t10?,11?,12-,13-/m1/s1. The number of hydrogen-bond donors (Lipinski definition) is 1. The van der Waals surface area contributed by atoms with Crippen LogP contribution in [0.4, 0.5) is 0 Å². The van der Waals surface area contributed by atoms with E-state index in [1.807, 2.05) is 0 Å². The Labute approximate surface area is 112 Å². The molecule has 0 spiro atoms. The maximum atomic E-state index is 6.26. The van der Waals surface area contributed by atoms with Crippen molar-refractivity contribution in [1.29, 1.82) is 0 Å². The third-order valence-electron chi connectivity index (χ3n) is 3.32. The maximum Gasteiger partial charge on any atom is 0.0717 e. The first kappa shape index (κ1) is 15.9. The molecule has 1 aliphatic heterocycles. The Hall–Kier alpha value is -0.160. The average molecular weight is 258 g/mol. The van der Waals surface area contributed by atoms with Gasteiger partial charge in [0.1, 0.15) is 0 Å². The van der Waals surface area contributed by atoms with Crippen LogP contribution >= 0.6 is 0 Å². The van der Waals surface area contributed by atoms with E-state index in [2.05, 4.69) is 46.4 Å². The van der Waals surface area contributed by atoms with E-state index < -0.39 is 0 Å². The second-order valence-electron chi connectivity index (χ2n) is 6.55. The van der Waals surface area contributed by atoms with E-state index in [0.717, 1.165) is 19.7 Å². The highest BCUT2D eigenvalue weighted by molar-refractivity contribution is 4.82. The molecule has 0 aromatic heterocycles. The summed E-state index contributed by atoms with van der Waals surface area (Å²) in [6.07, 6.45) is 0.364. The minimum absolute atomic E-state index is 0.0389. The van der Waals surface area contributed by atoms with Gasteiger partial charge in [-0.2, -0.15) is 0 Å². The lowest BCUT2D eigenvalue weighted by atomic mass is 10.1. The van der Waals surface area contributed by atoms with Gasteiger partial charge in [-0.15, -0.1) is 0 Å². The first-order valence-corrected chi connectivity index (χ1v) is 6.98. The quantitative estimate of drug-likeness (QED) is 0.832. The summed E-state index contributed by atoms with van der Waals surface area (Å²) in [6, 6.07) is 0.478. The summed E-state index contributed by atoms with van der Waals surface area (Å²) in [5.74, 6) is 0. The third-order valence-corrected chi connectivity index (χ3v) is 3.32. The van der Waals surface area contributed by atoms with Gasteiger partial charge in [-0.25, -0.2) is 0 Å². The molecule has 2 unspecified atom stereocenters. The highest BCUT2D eigenvalue weighted by Crippen LogP contribution is 2.15. The van der Waals surface area contributed by atoms with Crippen molar-refractivity contribution < 1.29 is 9.47 Å². The van der Waals surface area contributed by atoms with Crippen LogP contribution in [0.15, 0.2) is 0 Å². The predicted octanol–water partition coefficient (Wildman–Crippen LogP) is 1.63. The summed E-state index contributed by atoms with van der Waals surface area (Å²) in [7, 11) is 0. The summed E-state index contributed by atoms with van der Waals surface area (Å²) in [4.78, 5) is 2.40. The number of morpholine rings is 1. The van der Waals surface area contributed by atoms with Crippen molar-refractivity contribution in [3.05, 3.63) is 0 Å². The van der Waals surface area contributed by atoms with Crippen molar-refractivity contribution in [3.8, 4) is 0 Å². The SMILES string of the molecule is CC1CN(C[C@@H](N)[C@@H](C)OC(C)(C)C)C(C)CO1. The van der Waals surface area contributed by atoms with Gasteiger partial charge in [0.25, 0.3) is 0 Å². The van der Waals surface area contributed by atoms with E-state index in [4.69, 9.17) is 15.2 Å². The Morgan fingerprint density at radius 3 is 2.56 bits per heavy atom. The minimum atomic E-state index is -0.138. The van der Waals surface area contributed by atoms with Crippen molar-refractivity contribution in [1.82, 2.24) is 4.90 Å². The smallest absolute Gasteiger partial charge is 0.0717 e. The van der Waals surface area contributed by atoms with Crippen molar-refractivity contribution in [2.24, 2.45) is 5.73 Å². The van der Waals surface area contributed by atoms with Crippen LogP contribution in [0.1, 0.15) is 41.5 Å². The third kappa shape index (κ3) is 5.22. The number of nitrogens with two attached hydrogens (primary N) is 1. The molecule has 0 aliphatic carbocycles. The molecule has 4 nitrogen and oxygen atoms in total. The summed E-state index contributed by atoms with van der Waals surface area (Å²) >= 11 is 0. The van der Waals surface area contributed by atoms with E-state index in [-0.39, 0.29) is 17.7 Å². The summed E-state index contributed by atoms with van der Waals surface area (Å²) in [5.41, 5.74) is 6.12. The van der Waals surface area contributed by atoms with E-state index in [1.54, 1.807) is 0 Å². The normalized spacial score (nSPS) is 30.2. The van der Waals surface area contributed by atoms with Crippen LogP contribution in [0, 0.1) is 0 Å². The molecule has 1 rings (SSSR count). The topological polar surface area (TPSA) is 47.7 Å². The molecule has 1 fully saturated rings. The molecule has 0 radical (unpaired) electrons. The van der Waals surface area contributed by atoms with Gasteiger partial charge in [0, 0.05) is 25.2 Å². The van der Waals surface area contributed by atoms with Crippen LogP contribution in [0.5, 0.6) is 0 Å². The Bertz CT molecular complexity index is 253. The molecule has 0 aromatic rings. The van der Waals surface area contributed by atoms with Crippen molar-refractivity contribution in [2.75, 3.05) is 19.7 Å². The summed E-state index contributed by atoms with van der Waals surface area (Å²) in [6.45, 7) is 15.2. The molecule has 0 bridgehead atoms. The van der Waals surface area contributed by atoms with Crippen LogP contribution in [-0.4, -0.2) is 54.5 Å². The molecular weight excluding hydrogens is 228 g/mol. The van der Waals surface area contributed by atoms with Crippen molar-refractivity contribution >= 4 is 0 Å². The van der Waals surface area contributed by atoms with E-state index in [0.29, 0.717) is 12.1 Å². The monoisotopic (exact) mass is 258 g/mol.